The van der Waals surface area contributed by atoms with Crippen LogP contribution in [0, 0.1) is 0 Å². The number of aldehydes is 2. The molecular weight excluding hydrogens is 612 g/mol. The van der Waals surface area contributed by atoms with Crippen LogP contribution < -0.4 is 28.7 Å². The van der Waals surface area contributed by atoms with Crippen molar-refractivity contribution >= 4 is 23.9 Å². The molecular formula is C38H42N2O8. The number of ether oxygens (including phenoxy) is 4. The molecule has 10 nitrogen and oxygen atoms in total. The number of phenolic OH excluding ortho intramolecular Hbond substituents is 2. The Balaban J connectivity index is 0.000000188. The minimum Gasteiger partial charge on any atom is -0.507 e. The number of methoxy groups -OCH3 is 2. The van der Waals surface area contributed by atoms with E-state index in [9.17, 15) is 19.8 Å². The first-order valence-corrected chi connectivity index (χ1v) is 16.1. The fourth-order valence-corrected chi connectivity index (χ4v) is 6.11. The summed E-state index contributed by atoms with van der Waals surface area (Å²) in [6.45, 7) is 3.10. The third kappa shape index (κ3) is 8.31. The van der Waals surface area contributed by atoms with Crippen molar-refractivity contribution in [3.8, 4) is 34.5 Å². The number of nitrogens with zero attached hydrogens (tertiary/aromatic N) is 2. The molecule has 4 aromatic carbocycles. The summed E-state index contributed by atoms with van der Waals surface area (Å²) in [6, 6.07) is 25.9. The molecule has 2 atom stereocenters. The average molecular weight is 655 g/mol. The molecule has 10 heteroatoms. The van der Waals surface area contributed by atoms with E-state index in [1.807, 2.05) is 36.4 Å². The highest BCUT2D eigenvalue weighted by Crippen LogP contribution is 2.32. The van der Waals surface area contributed by atoms with Gasteiger partial charge < -0.3 is 39.0 Å². The molecule has 252 valence electrons. The number of piperidine rings is 1. The molecule has 2 aliphatic heterocycles. The van der Waals surface area contributed by atoms with Gasteiger partial charge in [0.25, 0.3) is 0 Å². The zero-order valence-electron chi connectivity index (χ0n) is 27.3. The molecule has 0 spiro atoms. The molecule has 0 aliphatic carbocycles. The lowest BCUT2D eigenvalue weighted by molar-refractivity contribution is 0.110. The van der Waals surface area contributed by atoms with Crippen molar-refractivity contribution < 1.29 is 38.7 Å². The Morgan fingerprint density at radius 1 is 0.729 bits per heavy atom. The zero-order valence-corrected chi connectivity index (χ0v) is 27.3. The molecule has 2 aliphatic rings. The van der Waals surface area contributed by atoms with Crippen LogP contribution in [0.1, 0.15) is 46.4 Å². The predicted molar refractivity (Wildman–Crippen MR) is 185 cm³/mol. The lowest BCUT2D eigenvalue weighted by atomic mass is 10.1. The normalized spacial score (nSPS) is 17.1. The van der Waals surface area contributed by atoms with Gasteiger partial charge in [0.15, 0.2) is 12.6 Å². The molecule has 48 heavy (non-hydrogen) atoms. The average Bonchev–Trinajstić information content (AvgIpc) is 3.60. The second kappa shape index (κ2) is 16.4. The number of carbonyl (C=O) groups is 2. The van der Waals surface area contributed by atoms with Crippen LogP contribution in [-0.2, 0) is 0 Å². The highest BCUT2D eigenvalue weighted by atomic mass is 16.5. The molecule has 0 aromatic heterocycles. The maximum Gasteiger partial charge on any atom is 0.157 e. The van der Waals surface area contributed by atoms with Crippen molar-refractivity contribution in [3.05, 3.63) is 96.1 Å². The number of aromatic hydroxyl groups is 2. The van der Waals surface area contributed by atoms with Gasteiger partial charge in [0.1, 0.15) is 47.2 Å². The van der Waals surface area contributed by atoms with Crippen LogP contribution >= 0.6 is 0 Å². The number of phenols is 2. The summed E-state index contributed by atoms with van der Waals surface area (Å²) >= 11 is 0. The molecule has 0 bridgehead atoms. The first-order chi connectivity index (χ1) is 23.4. The quantitative estimate of drug-likeness (QED) is 0.173. The Labute approximate surface area is 281 Å². The van der Waals surface area contributed by atoms with Crippen LogP contribution in [0.2, 0.25) is 0 Å². The standard InChI is InChI=1S/2C19H21NO4/c1-23-16-7-2-5-14(11-16)20-10-4-6-15(20)13-24-19-9-3-8-18(22)17(19)12-21;1-23-15-6-2-5-14(11-15)20-10-4-7-16(12-20)24-19-9-3-8-18(22)17(19)13-21/h2-3,5,7-9,11-12,15,22H,4,6,10,13H2,1H3;2-3,5-6,8-9,11,13,16,22H,4,7,10,12H2,1H3/t15-;/m0./s1. The summed E-state index contributed by atoms with van der Waals surface area (Å²) in [4.78, 5) is 26.9. The van der Waals surface area contributed by atoms with Gasteiger partial charge in [-0.1, -0.05) is 24.3 Å². The highest BCUT2D eigenvalue weighted by molar-refractivity contribution is 5.84. The van der Waals surface area contributed by atoms with Crippen molar-refractivity contribution in [1.29, 1.82) is 0 Å². The Hall–Kier alpha value is -5.38. The number of rotatable bonds is 11. The van der Waals surface area contributed by atoms with Crippen molar-refractivity contribution in [2.24, 2.45) is 0 Å². The van der Waals surface area contributed by atoms with Crippen molar-refractivity contribution in [1.82, 2.24) is 0 Å². The van der Waals surface area contributed by atoms with E-state index < -0.39 is 0 Å². The molecule has 2 fully saturated rings. The number of carbonyl (C=O) groups excluding carboxylic acids is 2. The summed E-state index contributed by atoms with van der Waals surface area (Å²) < 4.78 is 22.4. The second-order valence-electron chi connectivity index (χ2n) is 11.6. The lowest BCUT2D eigenvalue weighted by Crippen LogP contribution is -2.41. The maximum atomic E-state index is 11.2. The molecule has 0 radical (unpaired) electrons. The van der Waals surface area contributed by atoms with Crippen LogP contribution in [0.5, 0.6) is 34.5 Å². The van der Waals surface area contributed by atoms with Gasteiger partial charge in [0, 0.05) is 36.6 Å². The Morgan fingerprint density at radius 2 is 1.31 bits per heavy atom. The zero-order chi connectivity index (χ0) is 33.9. The van der Waals surface area contributed by atoms with E-state index in [4.69, 9.17) is 18.9 Å². The van der Waals surface area contributed by atoms with Gasteiger partial charge >= 0.3 is 0 Å². The van der Waals surface area contributed by atoms with E-state index in [0.29, 0.717) is 30.7 Å². The van der Waals surface area contributed by atoms with Crippen LogP contribution in [-0.4, -0.2) is 75.4 Å². The summed E-state index contributed by atoms with van der Waals surface area (Å²) in [5, 5.41) is 19.5. The van der Waals surface area contributed by atoms with Gasteiger partial charge in [-0.25, -0.2) is 0 Å². The lowest BCUT2D eigenvalue weighted by Gasteiger charge is -2.34. The van der Waals surface area contributed by atoms with E-state index in [-0.39, 0.29) is 34.8 Å². The first-order valence-electron chi connectivity index (χ1n) is 16.1. The van der Waals surface area contributed by atoms with Crippen LogP contribution in [0.3, 0.4) is 0 Å². The van der Waals surface area contributed by atoms with Gasteiger partial charge in [-0.05, 0) is 74.2 Å². The van der Waals surface area contributed by atoms with Gasteiger partial charge in [0.2, 0.25) is 0 Å². The van der Waals surface area contributed by atoms with Crippen molar-refractivity contribution in [2.45, 2.75) is 37.8 Å². The molecule has 1 unspecified atom stereocenters. The third-order valence-corrected chi connectivity index (χ3v) is 8.61. The highest BCUT2D eigenvalue weighted by Gasteiger charge is 2.26. The molecule has 4 aromatic rings. The summed E-state index contributed by atoms with van der Waals surface area (Å²) in [5.74, 6) is 2.40. The monoisotopic (exact) mass is 654 g/mol. The minimum atomic E-state index is -0.0569. The number of hydrogen-bond donors (Lipinski definition) is 2. The van der Waals surface area contributed by atoms with E-state index in [2.05, 4.69) is 21.9 Å². The molecule has 0 amide bonds. The smallest absolute Gasteiger partial charge is 0.157 e. The Bertz CT molecular complexity index is 1680. The Kier molecular flexibility index (Phi) is 11.6. The SMILES string of the molecule is COc1cccc(N2CCCC(Oc3cccc(O)c3C=O)C2)c1.COc1cccc(N2CCC[C@H]2COc2cccc(O)c2C=O)c1. The number of benzene rings is 4. The van der Waals surface area contributed by atoms with Crippen LogP contribution in [0.25, 0.3) is 0 Å². The Morgan fingerprint density at radius 3 is 1.98 bits per heavy atom. The van der Waals surface area contributed by atoms with Gasteiger partial charge in [-0.3, -0.25) is 9.59 Å². The van der Waals surface area contributed by atoms with Crippen molar-refractivity contribution in [3.63, 3.8) is 0 Å². The molecule has 0 saturated carbocycles. The number of hydrogen-bond acceptors (Lipinski definition) is 10. The maximum absolute atomic E-state index is 11.2. The largest absolute Gasteiger partial charge is 0.507 e. The first kappa shape index (κ1) is 34.0. The van der Waals surface area contributed by atoms with Crippen LogP contribution in [0.4, 0.5) is 11.4 Å². The van der Waals surface area contributed by atoms with Gasteiger partial charge in [0.05, 0.1) is 37.9 Å². The van der Waals surface area contributed by atoms with E-state index in [1.165, 1.54) is 12.1 Å². The fourth-order valence-electron chi connectivity index (χ4n) is 6.11. The molecule has 2 heterocycles. The van der Waals surface area contributed by atoms with Crippen molar-refractivity contribution in [2.75, 3.05) is 50.3 Å². The molecule has 2 saturated heterocycles. The number of anilines is 2. The van der Waals surface area contributed by atoms with E-state index >= 15 is 0 Å². The van der Waals surface area contributed by atoms with E-state index in [0.717, 1.165) is 68.2 Å². The van der Waals surface area contributed by atoms with Gasteiger partial charge in [-0.15, -0.1) is 0 Å². The minimum absolute atomic E-state index is 0.0366. The fraction of sp³-hybridized carbons (Fsp3) is 0.316. The second-order valence-corrected chi connectivity index (χ2v) is 11.6. The van der Waals surface area contributed by atoms with E-state index in [1.54, 1.807) is 38.5 Å². The topological polar surface area (TPSA) is 118 Å². The third-order valence-electron chi connectivity index (χ3n) is 8.61. The van der Waals surface area contributed by atoms with Crippen LogP contribution in [0.15, 0.2) is 84.9 Å². The molecule has 6 rings (SSSR count). The molecule has 2 N–H and O–H groups in total. The summed E-state index contributed by atoms with van der Waals surface area (Å²) in [7, 11) is 3.32. The predicted octanol–water partition coefficient (Wildman–Crippen LogP) is 6.52. The van der Waals surface area contributed by atoms with Gasteiger partial charge in [-0.2, -0.15) is 0 Å². The summed E-state index contributed by atoms with van der Waals surface area (Å²) in [5.41, 5.74) is 2.60. The summed E-state index contributed by atoms with van der Waals surface area (Å²) in [6.07, 6.45) is 5.24.